The highest BCUT2D eigenvalue weighted by Gasteiger charge is 2.29. The number of benzene rings is 2. The fourth-order valence-electron chi connectivity index (χ4n) is 4.25. The van der Waals surface area contributed by atoms with Crippen LogP contribution in [0.3, 0.4) is 0 Å². The minimum absolute atomic E-state index is 0.0508. The van der Waals surface area contributed by atoms with Crippen molar-refractivity contribution in [3.63, 3.8) is 0 Å². The van der Waals surface area contributed by atoms with E-state index in [-0.39, 0.29) is 11.7 Å². The van der Waals surface area contributed by atoms with Gasteiger partial charge in [-0.25, -0.2) is 4.98 Å². The first-order valence-electron chi connectivity index (χ1n) is 11.6. The number of Topliss-reactive ketones (excluding diaryl/α,β-unsaturated/α-hetero) is 1. The summed E-state index contributed by atoms with van der Waals surface area (Å²) in [5, 5.41) is 0. The molecule has 1 fully saturated rings. The van der Waals surface area contributed by atoms with Crippen molar-refractivity contribution in [2.24, 2.45) is 0 Å². The SMILES string of the molecule is CCC(=O)N(c1ccc(-c2ccc(C(=O)CCc3ccc(F)nc3C)cc2)cc1)C1CCC1. The number of halogens is 1. The molecular weight excluding hydrogens is 415 g/mol. The van der Waals surface area contributed by atoms with Gasteiger partial charge in [-0.2, -0.15) is 4.39 Å². The highest BCUT2D eigenvalue weighted by atomic mass is 19.1. The highest BCUT2D eigenvalue weighted by molar-refractivity contribution is 5.97. The fourth-order valence-corrected chi connectivity index (χ4v) is 4.25. The van der Waals surface area contributed by atoms with Crippen LogP contribution in [0, 0.1) is 12.9 Å². The Morgan fingerprint density at radius 1 is 0.970 bits per heavy atom. The third-order valence-corrected chi connectivity index (χ3v) is 6.48. The number of carbonyl (C=O) groups excluding carboxylic acids is 2. The van der Waals surface area contributed by atoms with Gasteiger partial charge in [0.2, 0.25) is 11.9 Å². The van der Waals surface area contributed by atoms with Gasteiger partial charge in [0, 0.05) is 35.8 Å². The number of hydrogen-bond donors (Lipinski definition) is 0. The molecule has 0 N–H and O–H groups in total. The molecular formula is C28H29FN2O2. The molecule has 2 aromatic carbocycles. The van der Waals surface area contributed by atoms with Gasteiger partial charge in [0.25, 0.3) is 0 Å². The Bertz CT molecular complexity index is 1140. The molecule has 0 radical (unpaired) electrons. The molecule has 0 spiro atoms. The highest BCUT2D eigenvalue weighted by Crippen LogP contribution is 2.32. The zero-order chi connectivity index (χ0) is 23.4. The summed E-state index contributed by atoms with van der Waals surface area (Å²) < 4.78 is 13.2. The summed E-state index contributed by atoms with van der Waals surface area (Å²) >= 11 is 0. The van der Waals surface area contributed by atoms with Crippen molar-refractivity contribution in [1.82, 2.24) is 4.98 Å². The maximum atomic E-state index is 13.2. The second kappa shape index (κ2) is 10.1. The smallest absolute Gasteiger partial charge is 0.226 e. The normalized spacial score (nSPS) is 13.4. The van der Waals surface area contributed by atoms with Gasteiger partial charge in [-0.1, -0.05) is 49.4 Å². The third-order valence-electron chi connectivity index (χ3n) is 6.48. The Hall–Kier alpha value is -3.34. The van der Waals surface area contributed by atoms with Crippen LogP contribution in [0.15, 0.2) is 60.7 Å². The summed E-state index contributed by atoms with van der Waals surface area (Å²) in [6, 6.07) is 19.0. The largest absolute Gasteiger partial charge is 0.309 e. The monoisotopic (exact) mass is 444 g/mol. The predicted molar refractivity (Wildman–Crippen MR) is 129 cm³/mol. The molecule has 1 amide bonds. The van der Waals surface area contributed by atoms with Gasteiger partial charge in [0.1, 0.15) is 0 Å². The van der Waals surface area contributed by atoms with E-state index in [1.165, 1.54) is 12.5 Å². The van der Waals surface area contributed by atoms with E-state index in [2.05, 4.69) is 4.98 Å². The Morgan fingerprint density at radius 3 is 2.15 bits per heavy atom. The maximum Gasteiger partial charge on any atom is 0.226 e. The number of hydrogen-bond acceptors (Lipinski definition) is 3. The molecule has 0 bridgehead atoms. The van der Waals surface area contributed by atoms with E-state index in [1.807, 2.05) is 60.4 Å². The third kappa shape index (κ3) is 5.19. The molecule has 1 aromatic heterocycles. The van der Waals surface area contributed by atoms with Crippen LogP contribution in [0.25, 0.3) is 11.1 Å². The molecule has 4 nitrogen and oxygen atoms in total. The molecule has 0 unspecified atom stereocenters. The lowest BCUT2D eigenvalue weighted by atomic mass is 9.90. The van der Waals surface area contributed by atoms with Crippen molar-refractivity contribution in [2.75, 3.05) is 4.90 Å². The first-order chi connectivity index (χ1) is 16.0. The summed E-state index contributed by atoms with van der Waals surface area (Å²) in [7, 11) is 0. The van der Waals surface area contributed by atoms with E-state index in [1.54, 1.807) is 13.0 Å². The van der Waals surface area contributed by atoms with Crippen LogP contribution in [-0.2, 0) is 11.2 Å². The van der Waals surface area contributed by atoms with Crippen LogP contribution in [0.5, 0.6) is 0 Å². The average molecular weight is 445 g/mol. The zero-order valence-corrected chi connectivity index (χ0v) is 19.2. The first kappa shape index (κ1) is 22.8. The van der Waals surface area contributed by atoms with Gasteiger partial charge >= 0.3 is 0 Å². The number of carbonyl (C=O) groups is 2. The summed E-state index contributed by atoms with van der Waals surface area (Å²) in [6.07, 6.45) is 4.72. The van der Waals surface area contributed by atoms with Crippen molar-refractivity contribution < 1.29 is 14.0 Å². The van der Waals surface area contributed by atoms with Gasteiger partial charge < -0.3 is 4.90 Å². The Labute approximate surface area is 194 Å². The minimum Gasteiger partial charge on any atom is -0.309 e. The molecule has 0 saturated heterocycles. The van der Waals surface area contributed by atoms with E-state index < -0.39 is 5.95 Å². The van der Waals surface area contributed by atoms with Crippen LogP contribution in [-0.4, -0.2) is 22.7 Å². The van der Waals surface area contributed by atoms with Crippen LogP contribution < -0.4 is 4.90 Å². The molecule has 1 aliphatic carbocycles. The van der Waals surface area contributed by atoms with E-state index >= 15 is 0 Å². The summed E-state index contributed by atoms with van der Waals surface area (Å²) in [4.78, 5) is 30.8. The molecule has 1 heterocycles. The zero-order valence-electron chi connectivity index (χ0n) is 19.2. The Kier molecular flexibility index (Phi) is 6.97. The van der Waals surface area contributed by atoms with Gasteiger partial charge in [-0.3, -0.25) is 9.59 Å². The first-order valence-corrected chi connectivity index (χ1v) is 11.6. The number of aromatic nitrogens is 1. The Balaban J connectivity index is 1.42. The van der Waals surface area contributed by atoms with E-state index in [0.717, 1.165) is 35.2 Å². The van der Waals surface area contributed by atoms with Crippen molar-refractivity contribution in [3.05, 3.63) is 83.4 Å². The molecule has 3 aromatic rings. The Morgan fingerprint density at radius 2 is 1.61 bits per heavy atom. The van der Waals surface area contributed by atoms with Gasteiger partial charge in [0.15, 0.2) is 5.78 Å². The minimum atomic E-state index is -0.501. The fraction of sp³-hybridized carbons (Fsp3) is 0.321. The van der Waals surface area contributed by atoms with Crippen LogP contribution in [0.2, 0.25) is 0 Å². The average Bonchev–Trinajstić information content (AvgIpc) is 2.80. The molecule has 4 rings (SSSR count). The second-order valence-corrected chi connectivity index (χ2v) is 8.63. The molecule has 33 heavy (non-hydrogen) atoms. The van der Waals surface area contributed by atoms with Gasteiger partial charge in [-0.15, -0.1) is 0 Å². The van der Waals surface area contributed by atoms with Gasteiger partial charge in [-0.05, 0) is 67.5 Å². The number of ketones is 1. The molecule has 1 saturated carbocycles. The summed E-state index contributed by atoms with van der Waals surface area (Å²) in [6.45, 7) is 3.66. The van der Waals surface area contributed by atoms with Crippen LogP contribution in [0.4, 0.5) is 10.1 Å². The number of amides is 1. The molecule has 170 valence electrons. The standard InChI is InChI=1S/C28H29FN2O2/c1-3-28(33)31(24-5-4-6-24)25-15-11-22(12-16-25)21-7-9-23(10-8-21)26(32)17-13-20-14-18-27(29)30-19(20)2/h7-12,14-16,18,24H,3-6,13,17H2,1-2H3. The van der Waals surface area contributed by atoms with Crippen molar-refractivity contribution >= 4 is 17.4 Å². The number of anilines is 1. The summed E-state index contributed by atoms with van der Waals surface area (Å²) in [5.74, 6) is -0.282. The topological polar surface area (TPSA) is 50.3 Å². The van der Waals surface area contributed by atoms with Crippen molar-refractivity contribution in [1.29, 1.82) is 0 Å². The molecule has 5 heteroatoms. The summed E-state index contributed by atoms with van der Waals surface area (Å²) in [5.41, 5.74) is 5.19. The van der Waals surface area contributed by atoms with E-state index in [4.69, 9.17) is 0 Å². The second-order valence-electron chi connectivity index (χ2n) is 8.63. The van der Waals surface area contributed by atoms with E-state index in [0.29, 0.717) is 36.6 Å². The number of rotatable bonds is 8. The lowest BCUT2D eigenvalue weighted by Gasteiger charge is -2.37. The van der Waals surface area contributed by atoms with Crippen LogP contribution in [0.1, 0.15) is 60.6 Å². The van der Waals surface area contributed by atoms with Gasteiger partial charge in [0.05, 0.1) is 0 Å². The molecule has 1 aliphatic rings. The quantitative estimate of drug-likeness (QED) is 0.302. The number of aryl methyl sites for hydroxylation is 2. The number of nitrogens with zero attached hydrogens (tertiary/aromatic N) is 2. The lowest BCUT2D eigenvalue weighted by Crippen LogP contribution is -2.44. The molecule has 0 atom stereocenters. The number of pyridine rings is 1. The maximum absolute atomic E-state index is 13.2. The lowest BCUT2D eigenvalue weighted by molar-refractivity contribution is -0.119. The predicted octanol–water partition coefficient (Wildman–Crippen LogP) is 6.31. The van der Waals surface area contributed by atoms with E-state index in [9.17, 15) is 14.0 Å². The molecule has 0 aliphatic heterocycles. The van der Waals surface area contributed by atoms with Crippen molar-refractivity contribution in [2.45, 2.75) is 58.4 Å². The van der Waals surface area contributed by atoms with Crippen molar-refractivity contribution in [3.8, 4) is 11.1 Å². The van der Waals surface area contributed by atoms with Crippen LogP contribution >= 0.6 is 0 Å².